The molecule has 9 heteroatoms. The third kappa shape index (κ3) is 3.30. The zero-order chi connectivity index (χ0) is 23.2. The minimum atomic E-state index is -1.56. The summed E-state index contributed by atoms with van der Waals surface area (Å²) in [6.45, 7) is 5.78. The average Bonchev–Trinajstić information content (AvgIpc) is 2.96. The van der Waals surface area contributed by atoms with E-state index < -0.39 is 40.4 Å². The maximum Gasteiger partial charge on any atom is 0.303 e. The SMILES string of the molecule is CC(=O)c1c(O)c(C)c(O)c2c1OC1=CC(=O)C(C(C)=NCCCC(=O)O)C(=O)C12C. The summed E-state index contributed by atoms with van der Waals surface area (Å²) in [5.74, 6) is -4.87. The molecular formula is C22H23NO8. The molecule has 2 atom stereocenters. The number of phenolic OH excluding ortho intramolecular Hbond substituents is 2. The van der Waals surface area contributed by atoms with Crippen molar-refractivity contribution >= 4 is 29.0 Å². The predicted molar refractivity (Wildman–Crippen MR) is 109 cm³/mol. The number of hydrogen-bond donors (Lipinski definition) is 3. The van der Waals surface area contributed by atoms with E-state index in [0.717, 1.165) is 6.08 Å². The van der Waals surface area contributed by atoms with E-state index in [1.165, 1.54) is 27.7 Å². The lowest BCUT2D eigenvalue weighted by molar-refractivity contribution is -0.137. The number of hydrogen-bond acceptors (Lipinski definition) is 8. The van der Waals surface area contributed by atoms with Crippen LogP contribution in [0.2, 0.25) is 0 Å². The van der Waals surface area contributed by atoms with Gasteiger partial charge in [-0.1, -0.05) is 0 Å². The first-order valence-electron chi connectivity index (χ1n) is 9.73. The first-order chi connectivity index (χ1) is 14.4. The van der Waals surface area contributed by atoms with Crippen LogP contribution < -0.4 is 4.74 Å². The summed E-state index contributed by atoms with van der Waals surface area (Å²) < 4.78 is 5.69. The molecule has 0 bridgehead atoms. The van der Waals surface area contributed by atoms with Crippen LogP contribution in [0.15, 0.2) is 16.8 Å². The van der Waals surface area contributed by atoms with Gasteiger partial charge in [0.1, 0.15) is 39.9 Å². The normalized spacial score (nSPS) is 22.5. The van der Waals surface area contributed by atoms with Crippen molar-refractivity contribution < 1.29 is 39.2 Å². The lowest BCUT2D eigenvalue weighted by Gasteiger charge is -2.31. The Kier molecular flexibility index (Phi) is 5.47. The number of aromatic hydroxyl groups is 2. The number of carboxylic acids is 1. The zero-order valence-corrected chi connectivity index (χ0v) is 17.6. The molecule has 9 nitrogen and oxygen atoms in total. The van der Waals surface area contributed by atoms with Gasteiger partial charge in [0.2, 0.25) is 0 Å². The molecule has 0 saturated heterocycles. The Morgan fingerprint density at radius 2 is 1.84 bits per heavy atom. The second-order valence-electron chi connectivity index (χ2n) is 7.91. The van der Waals surface area contributed by atoms with Crippen LogP contribution in [0.4, 0.5) is 0 Å². The molecule has 1 aliphatic carbocycles. The molecule has 2 unspecified atom stereocenters. The fraction of sp³-hybridized carbons (Fsp3) is 0.409. The van der Waals surface area contributed by atoms with Crippen molar-refractivity contribution in [2.45, 2.75) is 46.0 Å². The molecule has 1 aromatic carbocycles. The number of carboxylic acid groups (broad SMARTS) is 1. The fourth-order valence-electron chi connectivity index (χ4n) is 4.08. The number of aliphatic carboxylic acids is 1. The molecular weight excluding hydrogens is 406 g/mol. The second kappa shape index (κ2) is 7.64. The molecule has 0 saturated carbocycles. The van der Waals surface area contributed by atoms with Crippen LogP contribution in [0.25, 0.3) is 0 Å². The van der Waals surface area contributed by atoms with Crippen LogP contribution in [0, 0.1) is 12.8 Å². The minimum absolute atomic E-state index is 0.0235. The molecule has 1 aliphatic heterocycles. The van der Waals surface area contributed by atoms with E-state index >= 15 is 0 Å². The van der Waals surface area contributed by atoms with Gasteiger partial charge in [-0.2, -0.15) is 0 Å². The number of aliphatic imine (C=N–C) groups is 1. The number of carbonyl (C=O) groups is 4. The molecule has 3 rings (SSSR count). The molecule has 31 heavy (non-hydrogen) atoms. The Morgan fingerprint density at radius 1 is 1.19 bits per heavy atom. The van der Waals surface area contributed by atoms with E-state index in [2.05, 4.69) is 4.99 Å². The number of benzene rings is 1. The van der Waals surface area contributed by atoms with Gasteiger partial charge in [-0.25, -0.2) is 0 Å². The number of phenols is 2. The number of ether oxygens (including phenoxy) is 1. The number of Topliss-reactive ketones (excluding diaryl/α,β-unsaturated/α-hetero) is 2. The van der Waals surface area contributed by atoms with E-state index in [1.54, 1.807) is 0 Å². The van der Waals surface area contributed by atoms with Gasteiger partial charge in [-0.15, -0.1) is 0 Å². The van der Waals surface area contributed by atoms with Crippen LogP contribution in [-0.4, -0.2) is 50.9 Å². The van der Waals surface area contributed by atoms with Gasteiger partial charge >= 0.3 is 5.97 Å². The van der Waals surface area contributed by atoms with Crippen molar-refractivity contribution in [2.24, 2.45) is 10.9 Å². The summed E-state index contributed by atoms with van der Waals surface area (Å²) in [6, 6.07) is 0. The largest absolute Gasteiger partial charge is 0.507 e. The van der Waals surface area contributed by atoms with E-state index in [9.17, 15) is 29.4 Å². The third-order valence-corrected chi connectivity index (χ3v) is 5.84. The van der Waals surface area contributed by atoms with E-state index in [1.807, 2.05) is 0 Å². The number of ketones is 3. The Hall–Kier alpha value is -3.49. The van der Waals surface area contributed by atoms with E-state index in [-0.39, 0.29) is 59.0 Å². The van der Waals surface area contributed by atoms with E-state index in [4.69, 9.17) is 9.84 Å². The maximum absolute atomic E-state index is 13.5. The molecule has 0 radical (unpaired) electrons. The number of fused-ring (bicyclic) bond motifs is 3. The summed E-state index contributed by atoms with van der Waals surface area (Å²) in [7, 11) is 0. The molecule has 0 fully saturated rings. The van der Waals surface area contributed by atoms with Gasteiger partial charge in [0.25, 0.3) is 0 Å². The van der Waals surface area contributed by atoms with Crippen LogP contribution >= 0.6 is 0 Å². The van der Waals surface area contributed by atoms with Gasteiger partial charge in [-0.3, -0.25) is 24.2 Å². The lowest BCUT2D eigenvalue weighted by Crippen LogP contribution is -2.47. The van der Waals surface area contributed by atoms with Crippen molar-refractivity contribution in [3.8, 4) is 17.2 Å². The molecule has 0 spiro atoms. The highest BCUT2D eigenvalue weighted by Gasteiger charge is 2.57. The number of allylic oxidation sites excluding steroid dienone is 2. The van der Waals surface area contributed by atoms with Crippen molar-refractivity contribution in [1.82, 2.24) is 0 Å². The number of rotatable bonds is 6. The Bertz CT molecular complexity index is 1100. The van der Waals surface area contributed by atoms with Crippen molar-refractivity contribution in [3.63, 3.8) is 0 Å². The highest BCUT2D eigenvalue weighted by molar-refractivity contribution is 6.28. The molecule has 0 amide bonds. The molecule has 2 aliphatic rings. The maximum atomic E-state index is 13.5. The summed E-state index contributed by atoms with van der Waals surface area (Å²) >= 11 is 0. The standard InChI is InChI=1S/C22H23NO8/c1-9-18(28)16(11(3)24)20-17(19(9)29)22(4)13(31-20)8-12(25)15(21(22)30)10(2)23-7-5-6-14(26)27/h8,15,28-29H,5-7H2,1-4H3,(H,26,27). The number of carbonyl (C=O) groups excluding carboxylic acids is 3. The van der Waals surface area contributed by atoms with Crippen LogP contribution in [-0.2, 0) is 19.8 Å². The molecule has 3 N–H and O–H groups in total. The topological polar surface area (TPSA) is 151 Å². The van der Waals surface area contributed by atoms with E-state index in [0.29, 0.717) is 0 Å². The molecule has 0 aromatic heterocycles. The summed E-state index contributed by atoms with van der Waals surface area (Å²) in [4.78, 5) is 53.3. The van der Waals surface area contributed by atoms with Gasteiger partial charge < -0.3 is 20.1 Å². The van der Waals surface area contributed by atoms with Crippen molar-refractivity contribution in [1.29, 1.82) is 0 Å². The van der Waals surface area contributed by atoms with Crippen LogP contribution in [0.5, 0.6) is 17.2 Å². The summed E-state index contributed by atoms with van der Waals surface area (Å²) in [6.07, 6.45) is 1.32. The quantitative estimate of drug-likeness (QED) is 0.270. The highest BCUT2D eigenvalue weighted by atomic mass is 16.5. The van der Waals surface area contributed by atoms with Crippen molar-refractivity contribution in [3.05, 3.63) is 28.5 Å². The van der Waals surface area contributed by atoms with Gasteiger partial charge in [0.15, 0.2) is 17.3 Å². The third-order valence-electron chi connectivity index (χ3n) is 5.84. The summed E-state index contributed by atoms with van der Waals surface area (Å²) in [5, 5.41) is 29.8. The van der Waals surface area contributed by atoms with Gasteiger partial charge in [-0.05, 0) is 34.1 Å². The molecule has 164 valence electrons. The highest BCUT2D eigenvalue weighted by Crippen LogP contribution is 2.57. The molecule has 1 heterocycles. The minimum Gasteiger partial charge on any atom is -0.507 e. The first-order valence-corrected chi connectivity index (χ1v) is 9.73. The van der Waals surface area contributed by atoms with Crippen LogP contribution in [0.3, 0.4) is 0 Å². The van der Waals surface area contributed by atoms with Crippen LogP contribution in [0.1, 0.15) is 55.1 Å². The monoisotopic (exact) mass is 429 g/mol. The first kappa shape index (κ1) is 22.2. The number of nitrogens with zero attached hydrogens (tertiary/aromatic N) is 1. The van der Waals surface area contributed by atoms with Gasteiger partial charge in [0, 0.05) is 30.3 Å². The predicted octanol–water partition coefficient (Wildman–Crippen LogP) is 2.24. The summed E-state index contributed by atoms with van der Waals surface area (Å²) in [5.41, 5.74) is -1.45. The zero-order valence-electron chi connectivity index (χ0n) is 17.6. The fourth-order valence-corrected chi connectivity index (χ4v) is 4.08. The Labute approximate surface area is 178 Å². The Balaban J connectivity index is 2.11. The van der Waals surface area contributed by atoms with Gasteiger partial charge in [0.05, 0.1) is 5.56 Å². The molecule has 1 aromatic rings. The lowest BCUT2D eigenvalue weighted by atomic mass is 9.67. The Morgan fingerprint density at radius 3 is 2.42 bits per heavy atom. The van der Waals surface area contributed by atoms with Crippen molar-refractivity contribution in [2.75, 3.05) is 6.54 Å². The average molecular weight is 429 g/mol. The second-order valence-corrected chi connectivity index (χ2v) is 7.91. The smallest absolute Gasteiger partial charge is 0.303 e.